The van der Waals surface area contributed by atoms with Crippen LogP contribution in [0.4, 0.5) is 0 Å². The molecule has 0 saturated carbocycles. The number of ether oxygens (including phenoxy) is 2. The van der Waals surface area contributed by atoms with Crippen molar-refractivity contribution >= 4 is 24.1 Å². The Hall–Kier alpha value is -1.79. The van der Waals surface area contributed by atoms with E-state index in [2.05, 4.69) is 10.6 Å². The lowest BCUT2D eigenvalue weighted by Crippen LogP contribution is -2.48. The normalized spacial score (nSPS) is 13.5. The summed E-state index contributed by atoms with van der Waals surface area (Å²) < 4.78 is 10.3. The molecule has 7 heteroatoms. The van der Waals surface area contributed by atoms with Crippen LogP contribution in [0.5, 0.6) is 11.5 Å². The molecule has 0 bridgehead atoms. The second-order valence-electron chi connectivity index (χ2n) is 5.32. The minimum atomic E-state index is -0.0827. The molecule has 0 atom stereocenters. The number of ketones is 1. The average Bonchev–Trinajstić information content (AvgIpc) is 2.50. The van der Waals surface area contributed by atoms with Gasteiger partial charge in [-0.3, -0.25) is 9.59 Å². The minimum Gasteiger partial charge on any atom is -0.493 e. The van der Waals surface area contributed by atoms with Crippen LogP contribution in [0, 0.1) is 5.92 Å². The van der Waals surface area contributed by atoms with Gasteiger partial charge in [0.25, 0.3) is 0 Å². The van der Waals surface area contributed by atoms with Crippen molar-refractivity contribution in [2.45, 2.75) is 12.8 Å². The average molecular weight is 343 g/mol. The summed E-state index contributed by atoms with van der Waals surface area (Å²) >= 11 is 0. The SMILES string of the molecule is COc1ccc(C(=O)CCC(=O)NCC2CNC2)cc1OC.Cl. The second-order valence-corrected chi connectivity index (χ2v) is 5.32. The molecule has 0 aliphatic carbocycles. The molecule has 6 nitrogen and oxygen atoms in total. The van der Waals surface area contributed by atoms with Crippen molar-refractivity contribution in [1.29, 1.82) is 0 Å². The van der Waals surface area contributed by atoms with E-state index >= 15 is 0 Å². The fraction of sp³-hybridized carbons (Fsp3) is 0.500. The first kappa shape index (κ1) is 19.3. The smallest absolute Gasteiger partial charge is 0.220 e. The monoisotopic (exact) mass is 342 g/mol. The Balaban J connectivity index is 0.00000264. The Kier molecular flexibility index (Phi) is 7.85. The van der Waals surface area contributed by atoms with Gasteiger partial charge in [0.05, 0.1) is 14.2 Å². The van der Waals surface area contributed by atoms with Crippen molar-refractivity contribution in [3.8, 4) is 11.5 Å². The van der Waals surface area contributed by atoms with Crippen LogP contribution in [0.2, 0.25) is 0 Å². The van der Waals surface area contributed by atoms with Crippen LogP contribution in [0.25, 0.3) is 0 Å². The number of benzene rings is 1. The Morgan fingerprint density at radius 3 is 2.43 bits per heavy atom. The Bertz CT molecular complexity index is 547. The number of carbonyl (C=O) groups is 2. The third-order valence-electron chi connectivity index (χ3n) is 3.74. The molecular weight excluding hydrogens is 320 g/mol. The highest BCUT2D eigenvalue weighted by atomic mass is 35.5. The molecule has 1 amide bonds. The molecule has 1 fully saturated rings. The van der Waals surface area contributed by atoms with Gasteiger partial charge in [-0.15, -0.1) is 12.4 Å². The molecule has 1 aromatic carbocycles. The van der Waals surface area contributed by atoms with Gasteiger partial charge in [0.2, 0.25) is 5.91 Å². The van der Waals surface area contributed by atoms with Crippen LogP contribution in [0.3, 0.4) is 0 Å². The number of amides is 1. The van der Waals surface area contributed by atoms with Gasteiger partial charge in [0.15, 0.2) is 17.3 Å². The quantitative estimate of drug-likeness (QED) is 0.699. The number of Topliss-reactive ketones (excluding diaryl/α,β-unsaturated/α-hetero) is 1. The highest BCUT2D eigenvalue weighted by Gasteiger charge is 2.17. The molecule has 0 aromatic heterocycles. The first-order valence-corrected chi connectivity index (χ1v) is 7.36. The van der Waals surface area contributed by atoms with E-state index < -0.39 is 0 Å². The highest BCUT2D eigenvalue weighted by Crippen LogP contribution is 2.28. The standard InChI is InChI=1S/C16H22N2O4.ClH/c1-21-14-5-3-12(7-15(14)22-2)13(19)4-6-16(20)18-10-11-8-17-9-11;/h3,5,7,11,17H,4,6,8-10H2,1-2H3,(H,18,20);1H. The first-order chi connectivity index (χ1) is 10.6. The summed E-state index contributed by atoms with van der Waals surface area (Å²) in [6.45, 7) is 2.58. The Morgan fingerprint density at radius 2 is 1.87 bits per heavy atom. The molecule has 2 N–H and O–H groups in total. The van der Waals surface area contributed by atoms with Crippen molar-refractivity contribution in [2.75, 3.05) is 33.9 Å². The second kappa shape index (κ2) is 9.37. The number of methoxy groups -OCH3 is 2. The lowest BCUT2D eigenvalue weighted by atomic mass is 10.0. The number of rotatable bonds is 8. The van der Waals surface area contributed by atoms with Crippen LogP contribution >= 0.6 is 12.4 Å². The van der Waals surface area contributed by atoms with E-state index in [-0.39, 0.29) is 36.9 Å². The van der Waals surface area contributed by atoms with Crippen LogP contribution < -0.4 is 20.1 Å². The third-order valence-corrected chi connectivity index (χ3v) is 3.74. The molecule has 23 heavy (non-hydrogen) atoms. The summed E-state index contributed by atoms with van der Waals surface area (Å²) in [5.41, 5.74) is 0.522. The number of halogens is 1. The molecule has 0 unspecified atom stereocenters. The Labute approximate surface area is 142 Å². The largest absolute Gasteiger partial charge is 0.493 e. The van der Waals surface area contributed by atoms with E-state index in [1.54, 1.807) is 25.3 Å². The predicted molar refractivity (Wildman–Crippen MR) is 89.7 cm³/mol. The fourth-order valence-corrected chi connectivity index (χ4v) is 2.22. The predicted octanol–water partition coefficient (Wildman–Crippen LogP) is 1.42. The Morgan fingerprint density at radius 1 is 1.17 bits per heavy atom. The van der Waals surface area contributed by atoms with E-state index in [9.17, 15) is 9.59 Å². The van der Waals surface area contributed by atoms with Gasteiger partial charge < -0.3 is 20.1 Å². The molecule has 1 heterocycles. The van der Waals surface area contributed by atoms with Crippen LogP contribution in [-0.4, -0.2) is 45.5 Å². The maximum Gasteiger partial charge on any atom is 0.220 e. The van der Waals surface area contributed by atoms with Crippen LogP contribution in [0.1, 0.15) is 23.2 Å². The highest BCUT2D eigenvalue weighted by molar-refractivity contribution is 5.98. The molecule has 0 spiro atoms. The molecule has 1 saturated heterocycles. The van der Waals surface area contributed by atoms with Gasteiger partial charge >= 0.3 is 0 Å². The molecular formula is C16H23ClN2O4. The van der Waals surface area contributed by atoms with Crippen molar-refractivity contribution in [3.05, 3.63) is 23.8 Å². The van der Waals surface area contributed by atoms with Gasteiger partial charge in [-0.25, -0.2) is 0 Å². The van der Waals surface area contributed by atoms with Crippen molar-refractivity contribution in [3.63, 3.8) is 0 Å². The van der Waals surface area contributed by atoms with Gasteiger partial charge in [-0.05, 0) is 18.2 Å². The maximum absolute atomic E-state index is 12.1. The van der Waals surface area contributed by atoms with Gasteiger partial charge in [0.1, 0.15) is 0 Å². The maximum atomic E-state index is 12.1. The molecule has 1 aliphatic heterocycles. The first-order valence-electron chi connectivity index (χ1n) is 7.36. The zero-order valence-electron chi connectivity index (χ0n) is 13.4. The lowest BCUT2D eigenvalue weighted by Gasteiger charge is -2.27. The molecule has 1 aliphatic rings. The fourth-order valence-electron chi connectivity index (χ4n) is 2.22. The van der Waals surface area contributed by atoms with Gasteiger partial charge in [0, 0.05) is 44.0 Å². The van der Waals surface area contributed by atoms with Crippen molar-refractivity contribution in [2.24, 2.45) is 5.92 Å². The summed E-state index contributed by atoms with van der Waals surface area (Å²) in [4.78, 5) is 23.9. The zero-order chi connectivity index (χ0) is 15.9. The van der Waals surface area contributed by atoms with Crippen molar-refractivity contribution in [1.82, 2.24) is 10.6 Å². The van der Waals surface area contributed by atoms with E-state index in [0.29, 0.717) is 29.5 Å². The number of carbonyl (C=O) groups excluding carboxylic acids is 2. The number of nitrogens with one attached hydrogen (secondary N) is 2. The van der Waals surface area contributed by atoms with E-state index in [1.165, 1.54) is 7.11 Å². The van der Waals surface area contributed by atoms with E-state index in [4.69, 9.17) is 9.47 Å². The topological polar surface area (TPSA) is 76.7 Å². The van der Waals surface area contributed by atoms with Gasteiger partial charge in [-0.2, -0.15) is 0 Å². The van der Waals surface area contributed by atoms with Crippen LogP contribution in [0.15, 0.2) is 18.2 Å². The van der Waals surface area contributed by atoms with E-state index in [1.807, 2.05) is 0 Å². The molecule has 1 aromatic rings. The van der Waals surface area contributed by atoms with Crippen LogP contribution in [-0.2, 0) is 4.79 Å². The molecule has 0 radical (unpaired) electrons. The molecule has 2 rings (SSSR count). The summed E-state index contributed by atoms with van der Waals surface area (Å²) in [6, 6.07) is 5.01. The summed E-state index contributed by atoms with van der Waals surface area (Å²) in [5, 5.41) is 6.01. The summed E-state index contributed by atoms with van der Waals surface area (Å²) in [7, 11) is 3.07. The third kappa shape index (κ3) is 5.41. The zero-order valence-corrected chi connectivity index (χ0v) is 14.2. The number of hydrogen-bond donors (Lipinski definition) is 2. The summed E-state index contributed by atoms with van der Waals surface area (Å²) in [5.74, 6) is 1.44. The van der Waals surface area contributed by atoms with Gasteiger partial charge in [-0.1, -0.05) is 0 Å². The number of hydrogen-bond acceptors (Lipinski definition) is 5. The van der Waals surface area contributed by atoms with E-state index in [0.717, 1.165) is 13.1 Å². The van der Waals surface area contributed by atoms with Crippen molar-refractivity contribution < 1.29 is 19.1 Å². The minimum absolute atomic E-state index is 0. The lowest BCUT2D eigenvalue weighted by molar-refractivity contribution is -0.121. The molecule has 128 valence electrons. The summed E-state index contributed by atoms with van der Waals surface area (Å²) in [6.07, 6.45) is 0.386.